The fraction of sp³-hybridized carbons (Fsp3) is 0.0500. The van der Waals surface area contributed by atoms with Crippen LogP contribution in [-0.2, 0) is 6.42 Å². The van der Waals surface area contributed by atoms with Gasteiger partial charge in [0.05, 0.1) is 22.0 Å². The first-order valence-corrected chi connectivity index (χ1v) is 10.2. The number of nitrogens with zero attached hydrogens (tertiary/aromatic N) is 3. The predicted molar refractivity (Wildman–Crippen MR) is 118 cm³/mol. The SMILES string of the molecule is Nc1cc(Cl)cc(Oc2c(Cl)ccc(Cc3nnc(-c4ccnc(Cl)c4Cl)o3)c2F)c1. The van der Waals surface area contributed by atoms with Crippen molar-refractivity contribution in [2.45, 2.75) is 6.42 Å². The van der Waals surface area contributed by atoms with E-state index in [1.165, 1.54) is 36.5 Å². The molecule has 0 atom stereocenters. The fourth-order valence-electron chi connectivity index (χ4n) is 2.74. The van der Waals surface area contributed by atoms with Crippen LogP contribution >= 0.6 is 46.4 Å². The molecule has 0 amide bonds. The lowest BCUT2D eigenvalue weighted by Crippen LogP contribution is -1.98. The summed E-state index contributed by atoms with van der Waals surface area (Å²) in [6.07, 6.45) is 1.44. The summed E-state index contributed by atoms with van der Waals surface area (Å²) >= 11 is 24.2. The zero-order valence-corrected chi connectivity index (χ0v) is 18.4. The molecular formula is C20H11Cl4FN4O2. The van der Waals surface area contributed by atoms with Gasteiger partial charge >= 0.3 is 0 Å². The number of halogens is 5. The molecule has 0 spiro atoms. The van der Waals surface area contributed by atoms with Gasteiger partial charge in [0.15, 0.2) is 11.6 Å². The van der Waals surface area contributed by atoms with Crippen molar-refractivity contribution in [3.8, 4) is 23.0 Å². The Hall–Kier alpha value is -2.58. The van der Waals surface area contributed by atoms with E-state index in [1.807, 2.05) is 0 Å². The smallest absolute Gasteiger partial charge is 0.249 e. The monoisotopic (exact) mass is 498 g/mol. The summed E-state index contributed by atoms with van der Waals surface area (Å²) in [6.45, 7) is 0. The molecule has 0 radical (unpaired) electrons. The summed E-state index contributed by atoms with van der Waals surface area (Å²) in [6, 6.07) is 9.11. The van der Waals surface area contributed by atoms with E-state index >= 15 is 4.39 Å². The molecule has 0 saturated carbocycles. The van der Waals surface area contributed by atoms with Gasteiger partial charge in [-0.05, 0) is 24.3 Å². The first-order chi connectivity index (χ1) is 14.8. The van der Waals surface area contributed by atoms with Gasteiger partial charge in [-0.15, -0.1) is 10.2 Å². The lowest BCUT2D eigenvalue weighted by Gasteiger charge is -2.12. The van der Waals surface area contributed by atoms with E-state index < -0.39 is 5.82 Å². The Morgan fingerprint density at radius 1 is 1.03 bits per heavy atom. The van der Waals surface area contributed by atoms with Crippen LogP contribution in [0.1, 0.15) is 11.5 Å². The number of anilines is 1. The van der Waals surface area contributed by atoms with Crippen molar-refractivity contribution >= 4 is 52.1 Å². The Bertz CT molecular complexity index is 1260. The highest BCUT2D eigenvalue weighted by Crippen LogP contribution is 2.36. The lowest BCUT2D eigenvalue weighted by atomic mass is 10.1. The molecule has 2 aromatic heterocycles. The van der Waals surface area contributed by atoms with Crippen LogP contribution in [0.15, 0.2) is 47.0 Å². The molecule has 11 heteroatoms. The van der Waals surface area contributed by atoms with Crippen molar-refractivity contribution in [3.05, 3.63) is 80.1 Å². The largest absolute Gasteiger partial charge is 0.453 e. The van der Waals surface area contributed by atoms with Crippen molar-refractivity contribution in [3.63, 3.8) is 0 Å². The number of nitrogens with two attached hydrogens (primary N) is 1. The van der Waals surface area contributed by atoms with Gasteiger partial charge in [0.25, 0.3) is 0 Å². The van der Waals surface area contributed by atoms with E-state index in [2.05, 4.69) is 15.2 Å². The second kappa shape index (κ2) is 8.88. The Morgan fingerprint density at radius 3 is 2.61 bits per heavy atom. The zero-order chi connectivity index (χ0) is 22.1. The van der Waals surface area contributed by atoms with Crippen LogP contribution in [0.25, 0.3) is 11.5 Å². The third kappa shape index (κ3) is 4.70. The topological polar surface area (TPSA) is 87.1 Å². The minimum Gasteiger partial charge on any atom is -0.453 e. The third-order valence-corrected chi connectivity index (χ3v) is 5.41. The zero-order valence-electron chi connectivity index (χ0n) is 15.4. The van der Waals surface area contributed by atoms with Crippen molar-refractivity contribution < 1.29 is 13.5 Å². The molecule has 0 aliphatic heterocycles. The number of nitrogen functional groups attached to an aromatic ring is 1. The lowest BCUT2D eigenvalue weighted by molar-refractivity contribution is 0.437. The summed E-state index contributed by atoms with van der Waals surface area (Å²) in [5.74, 6) is -0.338. The maximum atomic E-state index is 15.1. The van der Waals surface area contributed by atoms with Crippen molar-refractivity contribution in [1.29, 1.82) is 0 Å². The van der Waals surface area contributed by atoms with Crippen LogP contribution < -0.4 is 10.5 Å². The molecule has 2 heterocycles. The van der Waals surface area contributed by atoms with E-state index in [1.54, 1.807) is 6.07 Å². The minimum absolute atomic E-state index is 0.0134. The van der Waals surface area contributed by atoms with Crippen LogP contribution in [0.3, 0.4) is 0 Å². The van der Waals surface area contributed by atoms with E-state index in [4.69, 9.17) is 61.3 Å². The molecule has 158 valence electrons. The Labute approximate surface area is 195 Å². The standard InChI is InChI=1S/C20H11Cl4FN4O2/c21-10-6-11(26)8-12(7-10)30-18-14(22)2-1-9(17(18)25)5-15-28-29-20(31-15)13-3-4-27-19(24)16(13)23/h1-4,6-8H,5,26H2. The molecule has 0 fully saturated rings. The van der Waals surface area contributed by atoms with Gasteiger partial charge in [-0.2, -0.15) is 0 Å². The highest BCUT2D eigenvalue weighted by molar-refractivity contribution is 6.42. The molecule has 4 rings (SSSR count). The second-order valence-corrected chi connectivity index (χ2v) is 7.89. The van der Waals surface area contributed by atoms with Gasteiger partial charge in [-0.25, -0.2) is 9.37 Å². The van der Waals surface area contributed by atoms with Crippen LogP contribution in [0.2, 0.25) is 20.2 Å². The van der Waals surface area contributed by atoms with Crippen LogP contribution in [0.5, 0.6) is 11.5 Å². The molecule has 2 aromatic carbocycles. The maximum absolute atomic E-state index is 15.1. The first kappa shape index (κ1) is 21.6. The molecule has 6 nitrogen and oxygen atoms in total. The molecule has 0 aliphatic carbocycles. The summed E-state index contributed by atoms with van der Waals surface area (Å²) in [7, 11) is 0. The van der Waals surface area contributed by atoms with Gasteiger partial charge in [-0.1, -0.05) is 52.5 Å². The number of hydrogen-bond donors (Lipinski definition) is 1. The minimum atomic E-state index is -0.684. The second-order valence-electron chi connectivity index (χ2n) is 6.31. The van der Waals surface area contributed by atoms with Crippen molar-refractivity contribution in [2.24, 2.45) is 0 Å². The highest BCUT2D eigenvalue weighted by atomic mass is 35.5. The van der Waals surface area contributed by atoms with Gasteiger partial charge in [-0.3, -0.25) is 0 Å². The summed E-state index contributed by atoms with van der Waals surface area (Å²) < 4.78 is 26.4. The number of pyridine rings is 1. The predicted octanol–water partition coefficient (Wildman–Crippen LogP) is 6.85. The first-order valence-electron chi connectivity index (χ1n) is 8.65. The van der Waals surface area contributed by atoms with E-state index in [-0.39, 0.29) is 50.5 Å². The van der Waals surface area contributed by atoms with E-state index in [0.717, 1.165) is 0 Å². The summed E-state index contributed by atoms with van der Waals surface area (Å²) in [4.78, 5) is 3.87. The molecule has 0 saturated heterocycles. The molecule has 31 heavy (non-hydrogen) atoms. The van der Waals surface area contributed by atoms with Gasteiger partial charge in [0.2, 0.25) is 11.8 Å². The molecule has 0 unspecified atom stereocenters. The van der Waals surface area contributed by atoms with E-state index in [0.29, 0.717) is 16.3 Å². The average Bonchev–Trinajstić information content (AvgIpc) is 3.17. The Balaban J connectivity index is 1.62. The Morgan fingerprint density at radius 2 is 1.84 bits per heavy atom. The number of hydrogen-bond acceptors (Lipinski definition) is 6. The Kier molecular flexibility index (Phi) is 6.20. The number of benzene rings is 2. The third-order valence-electron chi connectivity index (χ3n) is 4.13. The van der Waals surface area contributed by atoms with Crippen molar-refractivity contribution in [2.75, 3.05) is 5.73 Å². The van der Waals surface area contributed by atoms with Gasteiger partial charge in [0.1, 0.15) is 10.9 Å². The van der Waals surface area contributed by atoms with Crippen LogP contribution in [-0.4, -0.2) is 15.2 Å². The van der Waals surface area contributed by atoms with Gasteiger partial charge < -0.3 is 14.9 Å². The maximum Gasteiger partial charge on any atom is 0.249 e. The summed E-state index contributed by atoms with van der Waals surface area (Å²) in [5, 5.41) is 8.59. The number of ether oxygens (including phenoxy) is 1. The van der Waals surface area contributed by atoms with Crippen LogP contribution in [0, 0.1) is 5.82 Å². The average molecular weight is 500 g/mol. The summed E-state index contributed by atoms with van der Waals surface area (Å²) in [5.41, 5.74) is 6.76. The fourth-order valence-corrected chi connectivity index (χ4v) is 3.51. The highest BCUT2D eigenvalue weighted by Gasteiger charge is 2.19. The molecule has 0 aliphatic rings. The van der Waals surface area contributed by atoms with Gasteiger partial charge in [0, 0.05) is 28.5 Å². The molecular weight excluding hydrogens is 489 g/mol. The number of aromatic nitrogens is 3. The quantitative estimate of drug-likeness (QED) is 0.238. The molecule has 2 N–H and O–H groups in total. The van der Waals surface area contributed by atoms with E-state index in [9.17, 15) is 0 Å². The normalized spacial score (nSPS) is 11.0. The molecule has 4 aromatic rings. The number of rotatable bonds is 5. The van der Waals surface area contributed by atoms with Crippen molar-refractivity contribution in [1.82, 2.24) is 15.2 Å². The van der Waals surface area contributed by atoms with Crippen LogP contribution in [0.4, 0.5) is 10.1 Å². The molecule has 0 bridgehead atoms.